The van der Waals surface area contributed by atoms with Crippen LogP contribution in [0.4, 0.5) is 0 Å². The van der Waals surface area contributed by atoms with Crippen LogP contribution < -0.4 is 10.6 Å². The third-order valence-electron chi connectivity index (χ3n) is 3.60. The van der Waals surface area contributed by atoms with Gasteiger partial charge in [-0.2, -0.15) is 4.98 Å². The van der Waals surface area contributed by atoms with Crippen molar-refractivity contribution in [3.8, 4) is 0 Å². The van der Waals surface area contributed by atoms with Crippen LogP contribution in [-0.2, 0) is 0 Å². The van der Waals surface area contributed by atoms with Gasteiger partial charge in [-0.25, -0.2) is 9.50 Å². The second-order valence-corrected chi connectivity index (χ2v) is 6.12. The number of piperidine rings is 1. The van der Waals surface area contributed by atoms with Gasteiger partial charge in [-0.3, -0.25) is 4.79 Å². The Kier molecular flexibility index (Phi) is 6.10. The van der Waals surface area contributed by atoms with Gasteiger partial charge < -0.3 is 10.6 Å². The van der Waals surface area contributed by atoms with Crippen LogP contribution in [0.3, 0.4) is 0 Å². The number of amides is 1. The Morgan fingerprint density at radius 3 is 3.18 bits per heavy atom. The van der Waals surface area contributed by atoms with Gasteiger partial charge in [0.1, 0.15) is 0 Å². The maximum absolute atomic E-state index is 12.0. The quantitative estimate of drug-likeness (QED) is 0.826. The third-order valence-corrected chi connectivity index (χ3v) is 4.01. The van der Waals surface area contributed by atoms with Crippen LogP contribution in [0.25, 0.3) is 5.78 Å². The molecule has 1 atom stereocenters. The highest BCUT2D eigenvalue weighted by Gasteiger charge is 2.16. The predicted molar refractivity (Wildman–Crippen MR) is 88.3 cm³/mol. The lowest BCUT2D eigenvalue weighted by Crippen LogP contribution is -2.33. The summed E-state index contributed by atoms with van der Waals surface area (Å²) in [6.07, 6.45) is 6.78. The van der Waals surface area contributed by atoms with Gasteiger partial charge in [0.05, 0.1) is 4.47 Å². The molecular weight excluding hydrogens is 372 g/mol. The number of halogens is 2. The molecule has 1 aliphatic heterocycles. The lowest BCUT2D eigenvalue weighted by molar-refractivity contribution is 0.0940. The average molecular weight is 390 g/mol. The molecular formula is C13H18BrClN6O. The van der Waals surface area contributed by atoms with Crippen molar-refractivity contribution in [3.63, 3.8) is 0 Å². The molecule has 1 unspecified atom stereocenters. The van der Waals surface area contributed by atoms with Crippen molar-refractivity contribution in [1.29, 1.82) is 0 Å². The lowest BCUT2D eigenvalue weighted by atomic mass is 9.96. The second-order valence-electron chi connectivity index (χ2n) is 5.21. The van der Waals surface area contributed by atoms with Crippen LogP contribution in [-0.4, -0.2) is 45.1 Å². The zero-order chi connectivity index (χ0) is 14.7. The molecule has 3 heterocycles. The largest absolute Gasteiger partial charge is 0.349 e. The first kappa shape index (κ1) is 17.1. The second kappa shape index (κ2) is 7.85. The predicted octanol–water partition coefficient (Wildman–Crippen LogP) is 1.43. The maximum atomic E-state index is 12.0. The number of nitrogens with zero attached hydrogens (tertiary/aromatic N) is 4. The standard InChI is InChI=1S/C13H17BrN6O.ClH/c14-10-7-17-13-18-11(19-20(13)8-10)12(21)16-5-3-9-2-1-4-15-6-9;/h7-9,15H,1-6H2,(H,16,21);1H. The molecule has 0 bridgehead atoms. The van der Waals surface area contributed by atoms with E-state index < -0.39 is 0 Å². The van der Waals surface area contributed by atoms with Crippen molar-refractivity contribution in [2.75, 3.05) is 19.6 Å². The van der Waals surface area contributed by atoms with Gasteiger partial charge in [0, 0.05) is 18.9 Å². The number of hydrogen-bond acceptors (Lipinski definition) is 5. The molecule has 2 aromatic heterocycles. The molecule has 1 fully saturated rings. The number of fused-ring (bicyclic) bond motifs is 1. The smallest absolute Gasteiger partial charge is 0.291 e. The van der Waals surface area contributed by atoms with E-state index in [0.29, 0.717) is 18.2 Å². The summed E-state index contributed by atoms with van der Waals surface area (Å²) in [6, 6.07) is 0. The molecule has 0 radical (unpaired) electrons. The molecule has 9 heteroatoms. The van der Waals surface area contributed by atoms with Gasteiger partial charge in [-0.15, -0.1) is 17.5 Å². The normalized spacial score (nSPS) is 18.0. The minimum Gasteiger partial charge on any atom is -0.349 e. The van der Waals surface area contributed by atoms with Crippen LogP contribution in [0.2, 0.25) is 0 Å². The van der Waals surface area contributed by atoms with Crippen molar-refractivity contribution < 1.29 is 4.79 Å². The first-order valence-corrected chi connectivity index (χ1v) is 7.88. The maximum Gasteiger partial charge on any atom is 0.291 e. The summed E-state index contributed by atoms with van der Waals surface area (Å²) in [5, 5.41) is 10.4. The van der Waals surface area contributed by atoms with Gasteiger partial charge in [-0.05, 0) is 54.2 Å². The molecule has 0 spiro atoms. The number of carbonyl (C=O) groups is 1. The molecule has 0 saturated carbocycles. The topological polar surface area (TPSA) is 84.2 Å². The fourth-order valence-corrected chi connectivity index (χ4v) is 2.79. The number of aromatic nitrogens is 4. The number of nitrogens with one attached hydrogen (secondary N) is 2. The van der Waals surface area contributed by atoms with Gasteiger partial charge >= 0.3 is 0 Å². The minimum absolute atomic E-state index is 0. The van der Waals surface area contributed by atoms with E-state index in [1.54, 1.807) is 12.4 Å². The molecule has 1 saturated heterocycles. The lowest BCUT2D eigenvalue weighted by Gasteiger charge is -2.22. The summed E-state index contributed by atoms with van der Waals surface area (Å²) < 4.78 is 2.28. The van der Waals surface area contributed by atoms with Crippen LogP contribution >= 0.6 is 28.3 Å². The van der Waals surface area contributed by atoms with Crippen molar-refractivity contribution in [3.05, 3.63) is 22.7 Å². The highest BCUT2D eigenvalue weighted by molar-refractivity contribution is 9.10. The highest BCUT2D eigenvalue weighted by Crippen LogP contribution is 2.13. The highest BCUT2D eigenvalue weighted by atomic mass is 79.9. The zero-order valence-electron chi connectivity index (χ0n) is 12.0. The summed E-state index contributed by atoms with van der Waals surface area (Å²) in [5.41, 5.74) is 0. The van der Waals surface area contributed by atoms with Crippen molar-refractivity contribution in [2.24, 2.45) is 5.92 Å². The first-order chi connectivity index (χ1) is 10.2. The van der Waals surface area contributed by atoms with Crippen molar-refractivity contribution >= 4 is 40.0 Å². The van der Waals surface area contributed by atoms with E-state index in [-0.39, 0.29) is 24.1 Å². The Labute approximate surface area is 142 Å². The van der Waals surface area contributed by atoms with Crippen LogP contribution in [0, 0.1) is 5.92 Å². The molecule has 0 aromatic carbocycles. The minimum atomic E-state index is -0.250. The summed E-state index contributed by atoms with van der Waals surface area (Å²) in [5.74, 6) is 0.966. The van der Waals surface area contributed by atoms with Gasteiger partial charge in [0.25, 0.3) is 11.7 Å². The monoisotopic (exact) mass is 388 g/mol. The van der Waals surface area contributed by atoms with E-state index in [9.17, 15) is 4.79 Å². The van der Waals surface area contributed by atoms with Crippen LogP contribution in [0.5, 0.6) is 0 Å². The van der Waals surface area contributed by atoms with Gasteiger partial charge in [-0.1, -0.05) is 0 Å². The molecule has 1 amide bonds. The van der Waals surface area contributed by atoms with Crippen molar-refractivity contribution in [2.45, 2.75) is 19.3 Å². The molecule has 120 valence electrons. The first-order valence-electron chi connectivity index (χ1n) is 7.09. The van der Waals surface area contributed by atoms with Gasteiger partial charge in [0.15, 0.2) is 0 Å². The van der Waals surface area contributed by atoms with Crippen molar-refractivity contribution in [1.82, 2.24) is 30.2 Å². The van der Waals surface area contributed by atoms with E-state index in [1.807, 2.05) is 0 Å². The number of hydrogen-bond donors (Lipinski definition) is 2. The Morgan fingerprint density at radius 2 is 2.41 bits per heavy atom. The molecule has 22 heavy (non-hydrogen) atoms. The van der Waals surface area contributed by atoms with Gasteiger partial charge in [0.2, 0.25) is 5.82 Å². The van der Waals surface area contributed by atoms with E-state index in [0.717, 1.165) is 24.0 Å². The molecule has 7 nitrogen and oxygen atoms in total. The molecule has 0 aliphatic carbocycles. The van der Waals surface area contributed by atoms with Crippen LogP contribution in [0.1, 0.15) is 29.9 Å². The fraction of sp³-hybridized carbons (Fsp3) is 0.538. The zero-order valence-corrected chi connectivity index (χ0v) is 14.4. The van der Waals surface area contributed by atoms with E-state index in [1.165, 1.54) is 17.4 Å². The Morgan fingerprint density at radius 1 is 1.55 bits per heavy atom. The molecule has 3 rings (SSSR count). The van der Waals surface area contributed by atoms with E-state index >= 15 is 0 Å². The molecule has 2 aromatic rings. The molecule has 2 N–H and O–H groups in total. The Bertz CT molecular complexity index is 642. The number of rotatable bonds is 4. The third kappa shape index (κ3) is 4.15. The van der Waals surface area contributed by atoms with Crippen LogP contribution in [0.15, 0.2) is 16.9 Å². The average Bonchev–Trinajstić information content (AvgIpc) is 2.91. The van der Waals surface area contributed by atoms with E-state index in [4.69, 9.17) is 0 Å². The summed E-state index contributed by atoms with van der Waals surface area (Å²) in [6.45, 7) is 2.80. The molecule has 1 aliphatic rings. The SMILES string of the molecule is Cl.O=C(NCCC1CCCNC1)c1nc2ncc(Br)cn2n1. The fourth-order valence-electron chi connectivity index (χ4n) is 2.49. The summed E-state index contributed by atoms with van der Waals surface area (Å²) in [7, 11) is 0. The Hall–Kier alpha value is -1.25. The summed E-state index contributed by atoms with van der Waals surface area (Å²) >= 11 is 3.31. The van der Waals surface area contributed by atoms with E-state index in [2.05, 4.69) is 41.6 Å². The Balaban J connectivity index is 0.00000176. The number of carbonyl (C=O) groups excluding carboxylic acids is 1. The summed E-state index contributed by atoms with van der Waals surface area (Å²) in [4.78, 5) is 20.2.